The molecule has 1 radical (unpaired) electrons. The zero-order valence-electron chi connectivity index (χ0n) is 2.72. The molecule has 6 heteroatoms. The fraction of sp³-hybridized carbons (Fsp3) is 0. The molecule has 0 atom stereocenters. The van der Waals surface area contributed by atoms with Crippen LogP contribution >= 0.6 is 0 Å². The first kappa shape index (κ1) is 16.2. The van der Waals surface area contributed by atoms with Gasteiger partial charge in [-0.2, -0.15) is 0 Å². The smallest absolute Gasteiger partial charge is 0.279 e. The Morgan fingerprint density at radius 3 is 1.67 bits per heavy atom. The van der Waals surface area contributed by atoms with Gasteiger partial charge in [-0.05, 0) is 0 Å². The molecule has 4 nitrogen and oxygen atoms in total. The minimum Gasteiger partial charge on any atom is -0.412 e. The topological polar surface area (TPSA) is 74.6 Å². The molecule has 0 aliphatic heterocycles. The molecule has 0 aromatic carbocycles. The number of nitrogens with zero attached hydrogens (tertiary/aromatic N) is 1. The van der Waals surface area contributed by atoms with Gasteiger partial charge in [-0.3, -0.25) is 0 Å². The van der Waals surface area contributed by atoms with Crippen molar-refractivity contribution < 1.29 is 47.8 Å². The molecule has 35 valence electrons. The summed E-state index contributed by atoms with van der Waals surface area (Å²) in [6, 6.07) is 0. The molecule has 0 aromatic rings. The zero-order chi connectivity index (χ0) is 3.58. The summed E-state index contributed by atoms with van der Waals surface area (Å²) in [6.07, 6.45) is 0. The van der Waals surface area contributed by atoms with Gasteiger partial charge in [0.25, 0.3) is 5.15 Å². The molecular formula is H2FNO3Y. The van der Waals surface area contributed by atoms with Gasteiger partial charge in [0.15, 0.2) is 4.48 Å². The van der Waals surface area contributed by atoms with Crippen molar-refractivity contribution in [2.45, 2.75) is 0 Å². The second kappa shape index (κ2) is 9.04. The summed E-state index contributed by atoms with van der Waals surface area (Å²) in [6.45, 7) is 0. The Labute approximate surface area is 58.0 Å². The molecule has 0 rings (SSSR count). The Morgan fingerprint density at radius 1 is 1.67 bits per heavy atom. The van der Waals surface area contributed by atoms with Gasteiger partial charge < -0.3 is 5.48 Å². The van der Waals surface area contributed by atoms with E-state index in [-0.39, 0.29) is 38.2 Å². The minimum absolute atomic E-state index is 0. The maximum absolute atomic E-state index is 9.72. The van der Waals surface area contributed by atoms with Gasteiger partial charge >= 0.3 is 0 Å². The summed E-state index contributed by atoms with van der Waals surface area (Å²) in [5.41, 5.74) is 0. The van der Waals surface area contributed by atoms with E-state index >= 15 is 0 Å². The average Bonchev–Trinajstić information content (AvgIpc) is 0.811. The summed E-state index contributed by atoms with van der Waals surface area (Å²) < 4.78 is 9.72. The quantitative estimate of drug-likeness (QED) is 0.275. The van der Waals surface area contributed by atoms with E-state index in [0.29, 0.717) is 0 Å². The minimum atomic E-state index is -2.00. The molecule has 0 unspecified atom stereocenters. The van der Waals surface area contributed by atoms with Crippen LogP contribution in [0.3, 0.4) is 0 Å². The van der Waals surface area contributed by atoms with Gasteiger partial charge in [-0.1, -0.05) is 0 Å². The maximum atomic E-state index is 9.72. The molecule has 0 saturated carbocycles. The summed E-state index contributed by atoms with van der Waals surface area (Å²) >= 11 is 0. The molecule has 6 heavy (non-hydrogen) atoms. The summed E-state index contributed by atoms with van der Waals surface area (Å²) in [5.74, 6) is 0. The van der Waals surface area contributed by atoms with E-state index in [1.807, 2.05) is 0 Å². The number of rotatable bonds is 0. The van der Waals surface area contributed by atoms with Crippen LogP contribution < -0.4 is 0 Å². The summed E-state index contributed by atoms with van der Waals surface area (Å²) in [4.78, 5) is 8.14. The largest absolute Gasteiger partial charge is 0.412 e. The van der Waals surface area contributed by atoms with Crippen molar-refractivity contribution in [3.63, 3.8) is 0 Å². The Kier molecular flexibility index (Phi) is 24.3. The van der Waals surface area contributed by atoms with Crippen LogP contribution in [0.1, 0.15) is 0 Å². The van der Waals surface area contributed by atoms with Crippen LogP contribution in [0.15, 0.2) is 0 Å². The molecule has 0 fully saturated rings. The van der Waals surface area contributed by atoms with Gasteiger partial charge in [0.1, 0.15) is 0 Å². The summed E-state index contributed by atoms with van der Waals surface area (Å²) in [5, 5.41) is 6.14. The van der Waals surface area contributed by atoms with Crippen molar-refractivity contribution in [3.8, 4) is 0 Å². The number of hydrogen-bond donors (Lipinski definition) is 0. The van der Waals surface area contributed by atoms with Gasteiger partial charge in [-0.15, -0.1) is 0 Å². The Bertz CT molecular complexity index is 33.8. The average molecular weight is 172 g/mol. The van der Waals surface area contributed by atoms with E-state index in [1.165, 1.54) is 0 Å². The van der Waals surface area contributed by atoms with Crippen LogP contribution in [0.2, 0.25) is 0 Å². The predicted molar refractivity (Wildman–Crippen MR) is 11.7 cm³/mol. The van der Waals surface area contributed by atoms with E-state index in [2.05, 4.69) is 0 Å². The van der Waals surface area contributed by atoms with Crippen LogP contribution in [0.4, 0.5) is 4.48 Å². The van der Waals surface area contributed by atoms with Gasteiger partial charge in [0.05, 0.1) is 0 Å². The van der Waals surface area contributed by atoms with Crippen molar-refractivity contribution in [2.75, 3.05) is 0 Å². The van der Waals surface area contributed by atoms with Crippen LogP contribution in [0, 0.1) is 10.1 Å². The zero-order valence-corrected chi connectivity index (χ0v) is 5.56. The third kappa shape index (κ3) is 326. The fourth-order valence-electron chi connectivity index (χ4n) is 0. The molecular weight excluding hydrogens is 170 g/mol. The predicted octanol–water partition coefficient (Wildman–Crippen LogP) is -0.680. The van der Waals surface area contributed by atoms with Gasteiger partial charge in [0, 0.05) is 32.7 Å². The van der Waals surface area contributed by atoms with E-state index in [9.17, 15) is 4.48 Å². The van der Waals surface area contributed by atoms with Crippen LogP contribution in [-0.4, -0.2) is 10.6 Å². The first-order valence-electron chi connectivity index (χ1n) is 0.534. The second-order valence-corrected chi connectivity index (χ2v) is 0.213. The molecule has 0 amide bonds. The first-order chi connectivity index (χ1) is 1.73. The molecule has 0 aliphatic carbocycles. The molecule has 0 aliphatic rings. The maximum Gasteiger partial charge on any atom is 0.279 e. The normalized spacial score (nSPS) is 4.17. The van der Waals surface area contributed by atoms with Gasteiger partial charge in [-0.25, -0.2) is 10.1 Å². The number of nitro groups is 1. The van der Waals surface area contributed by atoms with Crippen molar-refractivity contribution >= 4 is 0 Å². The third-order valence-electron chi connectivity index (χ3n) is 0. The third-order valence-corrected chi connectivity index (χ3v) is 0. The number of hydrogen-bond acceptors (Lipinski definition) is 2. The molecule has 0 saturated heterocycles. The van der Waals surface area contributed by atoms with Crippen molar-refractivity contribution in [2.24, 2.45) is 0 Å². The van der Waals surface area contributed by atoms with E-state index in [1.54, 1.807) is 0 Å². The molecule has 0 bridgehead atoms. The van der Waals surface area contributed by atoms with Gasteiger partial charge in [0.2, 0.25) is 0 Å². The van der Waals surface area contributed by atoms with E-state index in [0.717, 1.165) is 0 Å². The van der Waals surface area contributed by atoms with Crippen LogP contribution in [0.5, 0.6) is 0 Å². The second-order valence-electron chi connectivity index (χ2n) is 0.213. The fourth-order valence-corrected chi connectivity index (χ4v) is 0. The molecule has 0 spiro atoms. The number of halogens is 1. The Hall–Kier alpha value is 0.394. The first-order valence-corrected chi connectivity index (χ1v) is 0.534. The SMILES string of the molecule is O.O=[N+]([O-])F.[Y]. The van der Waals surface area contributed by atoms with E-state index < -0.39 is 5.15 Å². The molecule has 2 N–H and O–H groups in total. The summed E-state index contributed by atoms with van der Waals surface area (Å²) in [7, 11) is 0. The monoisotopic (exact) mass is 172 g/mol. The van der Waals surface area contributed by atoms with Crippen LogP contribution in [-0.2, 0) is 32.7 Å². The standard InChI is InChI=1S/FNO2.H2O.Y/c1-2(3)4;;/h;1H2;. The van der Waals surface area contributed by atoms with Crippen molar-refractivity contribution in [3.05, 3.63) is 10.1 Å². The molecule has 0 heterocycles. The van der Waals surface area contributed by atoms with Crippen molar-refractivity contribution in [1.82, 2.24) is 0 Å². The van der Waals surface area contributed by atoms with Crippen LogP contribution in [0.25, 0.3) is 0 Å². The molecule has 0 aromatic heterocycles. The van der Waals surface area contributed by atoms with Crippen molar-refractivity contribution in [1.29, 1.82) is 0 Å². The van der Waals surface area contributed by atoms with E-state index in [4.69, 9.17) is 10.1 Å². The Balaban J connectivity index is -0.0000000450. The Morgan fingerprint density at radius 2 is 1.67 bits per heavy atom.